The zero-order valence-electron chi connectivity index (χ0n) is 10.2. The first kappa shape index (κ1) is 13.4. The first-order chi connectivity index (χ1) is 9.06. The molecular weight excluding hydrogens is 266 g/mol. The van der Waals surface area contributed by atoms with Crippen LogP contribution in [0.15, 0.2) is 34.5 Å². The Morgan fingerprint density at radius 2 is 2.05 bits per heavy atom. The molecule has 1 aliphatic heterocycles. The number of Topliss-reactive ketones (excluding diaryl/α,β-unsaturated/α-hetero) is 1. The minimum absolute atomic E-state index is 0.0200. The van der Waals surface area contributed by atoms with Crippen molar-refractivity contribution in [1.29, 1.82) is 0 Å². The Morgan fingerprint density at radius 3 is 2.58 bits per heavy atom. The molecule has 1 aromatic carbocycles. The van der Waals surface area contributed by atoms with Crippen LogP contribution in [0.3, 0.4) is 0 Å². The zero-order valence-corrected chi connectivity index (χ0v) is 11.0. The van der Waals surface area contributed by atoms with E-state index < -0.39 is 4.92 Å². The SMILES string of the molecule is CC1=NN=C(SCC(=O)c2ccc([N+](=O)[O-])cc2)C1. The standard InChI is InChI=1S/C12H11N3O3S/c1-8-6-12(14-13-8)19-7-11(16)9-2-4-10(5-3-9)15(17)18/h2-5H,6-7H2,1H3. The third-order valence-corrected chi connectivity index (χ3v) is 3.48. The fourth-order valence-corrected chi connectivity index (χ4v) is 2.39. The van der Waals surface area contributed by atoms with E-state index in [-0.39, 0.29) is 17.2 Å². The minimum Gasteiger partial charge on any atom is -0.293 e. The summed E-state index contributed by atoms with van der Waals surface area (Å²) in [5.41, 5.74) is 1.38. The van der Waals surface area contributed by atoms with Crippen LogP contribution < -0.4 is 0 Å². The van der Waals surface area contributed by atoms with Crippen molar-refractivity contribution in [1.82, 2.24) is 0 Å². The molecule has 0 amide bonds. The summed E-state index contributed by atoms with van der Waals surface area (Å²) in [7, 11) is 0. The largest absolute Gasteiger partial charge is 0.293 e. The van der Waals surface area contributed by atoms with E-state index in [9.17, 15) is 14.9 Å². The van der Waals surface area contributed by atoms with Crippen LogP contribution in [0.1, 0.15) is 23.7 Å². The van der Waals surface area contributed by atoms with Crippen LogP contribution in [0.2, 0.25) is 0 Å². The van der Waals surface area contributed by atoms with E-state index >= 15 is 0 Å². The number of carbonyl (C=O) groups is 1. The molecule has 0 aromatic heterocycles. The highest BCUT2D eigenvalue weighted by molar-refractivity contribution is 8.14. The molecule has 19 heavy (non-hydrogen) atoms. The summed E-state index contributed by atoms with van der Waals surface area (Å²) in [6, 6.07) is 5.61. The van der Waals surface area contributed by atoms with Crippen LogP contribution in [-0.2, 0) is 0 Å². The fraction of sp³-hybridized carbons (Fsp3) is 0.250. The molecule has 6 nitrogen and oxygen atoms in total. The normalized spacial score (nSPS) is 13.9. The number of rotatable bonds is 4. The van der Waals surface area contributed by atoms with Gasteiger partial charge in [-0.2, -0.15) is 5.10 Å². The molecule has 0 atom stereocenters. The number of ketones is 1. The summed E-state index contributed by atoms with van der Waals surface area (Å²) in [5.74, 6) is 0.187. The Kier molecular flexibility index (Phi) is 4.06. The summed E-state index contributed by atoms with van der Waals surface area (Å²) >= 11 is 1.35. The van der Waals surface area contributed by atoms with Gasteiger partial charge in [-0.1, -0.05) is 0 Å². The van der Waals surface area contributed by atoms with E-state index in [2.05, 4.69) is 10.2 Å². The Bertz CT molecular complexity index is 578. The van der Waals surface area contributed by atoms with Crippen molar-refractivity contribution in [2.45, 2.75) is 13.3 Å². The Hall–Kier alpha value is -2.02. The van der Waals surface area contributed by atoms with E-state index in [1.54, 1.807) is 0 Å². The fourth-order valence-electron chi connectivity index (χ4n) is 1.51. The molecule has 1 aromatic rings. The van der Waals surface area contributed by atoms with Crippen molar-refractivity contribution in [2.75, 3.05) is 5.75 Å². The summed E-state index contributed by atoms with van der Waals surface area (Å²) in [5, 5.41) is 19.2. The molecule has 2 rings (SSSR count). The average molecular weight is 277 g/mol. The van der Waals surface area contributed by atoms with Crippen LogP contribution >= 0.6 is 11.8 Å². The molecule has 1 aliphatic rings. The molecule has 0 radical (unpaired) electrons. The summed E-state index contributed by atoms with van der Waals surface area (Å²) in [6.07, 6.45) is 0.693. The topological polar surface area (TPSA) is 84.9 Å². The molecule has 0 bridgehead atoms. The quantitative estimate of drug-likeness (QED) is 0.481. The van der Waals surface area contributed by atoms with Gasteiger partial charge in [0.1, 0.15) is 5.04 Å². The predicted molar refractivity (Wildman–Crippen MR) is 75.0 cm³/mol. The molecular formula is C12H11N3O3S. The smallest absolute Gasteiger partial charge is 0.269 e. The molecule has 0 spiro atoms. The van der Waals surface area contributed by atoms with E-state index in [0.29, 0.717) is 12.0 Å². The third kappa shape index (κ3) is 3.47. The second kappa shape index (κ2) is 5.75. The van der Waals surface area contributed by atoms with Crippen molar-refractivity contribution in [3.05, 3.63) is 39.9 Å². The number of non-ortho nitro benzene ring substituents is 1. The van der Waals surface area contributed by atoms with Crippen LogP contribution in [-0.4, -0.2) is 27.2 Å². The third-order valence-electron chi connectivity index (χ3n) is 2.51. The van der Waals surface area contributed by atoms with Crippen LogP contribution in [0, 0.1) is 10.1 Å². The van der Waals surface area contributed by atoms with Gasteiger partial charge in [0, 0.05) is 29.8 Å². The average Bonchev–Trinajstić information content (AvgIpc) is 2.82. The molecule has 0 N–H and O–H groups in total. The van der Waals surface area contributed by atoms with E-state index in [1.165, 1.54) is 36.0 Å². The van der Waals surface area contributed by atoms with Crippen LogP contribution in [0.4, 0.5) is 5.69 Å². The Morgan fingerprint density at radius 1 is 1.37 bits per heavy atom. The van der Waals surface area contributed by atoms with Crippen LogP contribution in [0.5, 0.6) is 0 Å². The van der Waals surface area contributed by atoms with Gasteiger partial charge < -0.3 is 0 Å². The molecule has 1 heterocycles. The van der Waals surface area contributed by atoms with Gasteiger partial charge in [-0.05, 0) is 19.1 Å². The maximum absolute atomic E-state index is 11.9. The highest BCUT2D eigenvalue weighted by Gasteiger charge is 2.13. The molecule has 0 saturated carbocycles. The maximum Gasteiger partial charge on any atom is 0.269 e. The summed E-state index contributed by atoms with van der Waals surface area (Å²) in [6.45, 7) is 1.88. The van der Waals surface area contributed by atoms with E-state index in [1.807, 2.05) is 6.92 Å². The number of carbonyl (C=O) groups excluding carboxylic acids is 1. The lowest BCUT2D eigenvalue weighted by Crippen LogP contribution is -2.05. The van der Waals surface area contributed by atoms with Gasteiger partial charge >= 0.3 is 0 Å². The predicted octanol–water partition coefficient (Wildman–Crippen LogP) is 2.69. The van der Waals surface area contributed by atoms with Gasteiger partial charge in [0.15, 0.2) is 5.78 Å². The van der Waals surface area contributed by atoms with Gasteiger partial charge in [-0.3, -0.25) is 14.9 Å². The van der Waals surface area contributed by atoms with Crippen molar-refractivity contribution < 1.29 is 9.72 Å². The number of benzene rings is 1. The van der Waals surface area contributed by atoms with Gasteiger partial charge in [0.05, 0.1) is 10.7 Å². The van der Waals surface area contributed by atoms with Gasteiger partial charge in [0.2, 0.25) is 0 Å². The molecule has 0 aliphatic carbocycles. The van der Waals surface area contributed by atoms with Crippen molar-refractivity contribution in [3.63, 3.8) is 0 Å². The molecule has 0 fully saturated rings. The lowest BCUT2D eigenvalue weighted by molar-refractivity contribution is -0.384. The van der Waals surface area contributed by atoms with Crippen LogP contribution in [0.25, 0.3) is 0 Å². The van der Waals surface area contributed by atoms with Crippen molar-refractivity contribution in [2.24, 2.45) is 10.2 Å². The number of thioether (sulfide) groups is 1. The number of hydrogen-bond acceptors (Lipinski definition) is 6. The second-order valence-electron chi connectivity index (χ2n) is 4.02. The number of nitro benzene ring substituents is 1. The number of nitro groups is 1. The molecule has 7 heteroatoms. The van der Waals surface area contributed by atoms with Gasteiger partial charge in [0.25, 0.3) is 5.69 Å². The van der Waals surface area contributed by atoms with Crippen molar-refractivity contribution in [3.8, 4) is 0 Å². The maximum atomic E-state index is 11.9. The van der Waals surface area contributed by atoms with Gasteiger partial charge in [-0.25, -0.2) is 0 Å². The lowest BCUT2D eigenvalue weighted by Gasteiger charge is -2.00. The highest BCUT2D eigenvalue weighted by atomic mass is 32.2. The molecule has 98 valence electrons. The highest BCUT2D eigenvalue weighted by Crippen LogP contribution is 2.17. The van der Waals surface area contributed by atoms with E-state index in [4.69, 9.17) is 0 Å². The monoisotopic (exact) mass is 277 g/mol. The second-order valence-corrected chi connectivity index (χ2v) is 5.07. The first-order valence-corrected chi connectivity index (χ1v) is 6.55. The lowest BCUT2D eigenvalue weighted by atomic mass is 10.1. The Labute approximate surface area is 113 Å². The molecule has 0 unspecified atom stereocenters. The number of hydrogen-bond donors (Lipinski definition) is 0. The summed E-state index contributed by atoms with van der Waals surface area (Å²) in [4.78, 5) is 21.9. The minimum atomic E-state index is -0.490. The Balaban J connectivity index is 1.91. The zero-order chi connectivity index (χ0) is 13.8. The van der Waals surface area contributed by atoms with Crippen molar-refractivity contribution >= 4 is 34.0 Å². The summed E-state index contributed by atoms with van der Waals surface area (Å²) < 4.78 is 0. The van der Waals surface area contributed by atoms with Gasteiger partial charge in [-0.15, -0.1) is 16.9 Å². The van der Waals surface area contributed by atoms with E-state index in [0.717, 1.165) is 10.8 Å². The molecule has 0 saturated heterocycles. The number of nitrogens with zero attached hydrogens (tertiary/aromatic N) is 3. The first-order valence-electron chi connectivity index (χ1n) is 5.56.